The average molecular weight is 707 g/mol. The summed E-state index contributed by atoms with van der Waals surface area (Å²) >= 11 is 0. The highest BCUT2D eigenvalue weighted by Gasteiger charge is 2.62. The highest BCUT2D eigenvalue weighted by atomic mass is 32.2. The van der Waals surface area contributed by atoms with Crippen molar-refractivity contribution in [3.05, 3.63) is 54.4 Å². The first-order chi connectivity index (χ1) is 23.2. The molecule has 4 aliphatic rings. The molecule has 3 saturated carbocycles. The van der Waals surface area contributed by atoms with Gasteiger partial charge in [0.15, 0.2) is 0 Å². The summed E-state index contributed by atoms with van der Waals surface area (Å²) in [5.74, 6) is -4.31. The zero-order valence-electron chi connectivity index (χ0n) is 26.6. The zero-order chi connectivity index (χ0) is 35.1. The van der Waals surface area contributed by atoms with Crippen molar-refractivity contribution in [3.63, 3.8) is 0 Å². The zero-order valence-corrected chi connectivity index (χ0v) is 27.4. The van der Waals surface area contributed by atoms with E-state index in [1.807, 2.05) is 6.08 Å². The molecule has 4 amide bonds. The van der Waals surface area contributed by atoms with Gasteiger partial charge in [0.25, 0.3) is 5.91 Å². The highest BCUT2D eigenvalue weighted by molar-refractivity contribution is 7.91. The molecule has 3 fully saturated rings. The van der Waals surface area contributed by atoms with Gasteiger partial charge in [0.1, 0.15) is 11.6 Å². The highest BCUT2D eigenvalue weighted by Crippen LogP contribution is 2.47. The second kappa shape index (κ2) is 13.1. The van der Waals surface area contributed by atoms with Crippen molar-refractivity contribution in [2.45, 2.75) is 74.4 Å². The fourth-order valence-electron chi connectivity index (χ4n) is 6.61. The molecule has 0 saturated heterocycles. The molecule has 5 atom stereocenters. The van der Waals surface area contributed by atoms with Crippen LogP contribution in [0.4, 0.5) is 23.7 Å². The predicted molar refractivity (Wildman–Crippen MR) is 168 cm³/mol. The van der Waals surface area contributed by atoms with Gasteiger partial charge < -0.3 is 15.0 Å². The third-order valence-electron chi connectivity index (χ3n) is 9.58. The number of hydrogen-bond donors (Lipinski definition) is 3. The van der Waals surface area contributed by atoms with Gasteiger partial charge in [-0.1, -0.05) is 12.2 Å². The van der Waals surface area contributed by atoms with Crippen LogP contribution in [0.25, 0.3) is 5.69 Å². The van der Waals surface area contributed by atoms with Crippen LogP contribution in [0.2, 0.25) is 0 Å². The van der Waals surface area contributed by atoms with Crippen LogP contribution >= 0.6 is 0 Å². The number of nitrogens with zero attached hydrogens (tertiary/aromatic N) is 3. The molecule has 264 valence electrons. The number of allylic oxidation sites excluding steroid dienone is 1. The van der Waals surface area contributed by atoms with E-state index in [-0.39, 0.29) is 36.5 Å². The Kier molecular flexibility index (Phi) is 9.23. The number of sulfonamides is 1. The number of amides is 4. The van der Waals surface area contributed by atoms with Gasteiger partial charge in [0, 0.05) is 31.9 Å². The van der Waals surface area contributed by atoms with Gasteiger partial charge in [-0.3, -0.25) is 24.4 Å². The molecule has 0 spiro atoms. The molecular weight excluding hydrogens is 669 g/mol. The second-order valence-corrected chi connectivity index (χ2v) is 15.1. The maximum absolute atomic E-state index is 13.9. The average Bonchev–Trinajstić information content (AvgIpc) is 3.90. The summed E-state index contributed by atoms with van der Waals surface area (Å²) in [5.41, 5.74) is -2.62. The van der Waals surface area contributed by atoms with Gasteiger partial charge in [-0.25, -0.2) is 17.9 Å². The summed E-state index contributed by atoms with van der Waals surface area (Å²) in [6, 6.07) is 4.33. The van der Waals surface area contributed by atoms with Gasteiger partial charge in [0.2, 0.25) is 21.8 Å². The van der Waals surface area contributed by atoms with Gasteiger partial charge in [-0.15, -0.1) is 0 Å². The molecule has 49 heavy (non-hydrogen) atoms. The Morgan fingerprint density at radius 2 is 1.88 bits per heavy atom. The minimum Gasteiger partial charge on any atom is -0.446 e. The minimum absolute atomic E-state index is 0.0537. The van der Waals surface area contributed by atoms with Crippen LogP contribution in [0.1, 0.15) is 56.9 Å². The van der Waals surface area contributed by atoms with E-state index in [1.165, 1.54) is 22.0 Å². The van der Waals surface area contributed by atoms with Crippen molar-refractivity contribution in [1.29, 1.82) is 0 Å². The topological polar surface area (TPSA) is 169 Å². The Bertz CT molecular complexity index is 1760. The van der Waals surface area contributed by atoms with Crippen molar-refractivity contribution < 1.29 is 45.5 Å². The normalized spacial score (nSPS) is 28.4. The SMILES string of the molecule is CN1CCCC/C=C/C2CC2(C(=O)NS(=O)(=O)C2CC2)NC(=O)C2CC(OC(=O)Nc3cc(C(F)(F)F)ccc3-n3cccn3)CC2C1=O. The molecule has 6 rings (SSSR count). The summed E-state index contributed by atoms with van der Waals surface area (Å²) in [5, 5.41) is 8.49. The van der Waals surface area contributed by atoms with E-state index < -0.39 is 74.3 Å². The fourth-order valence-corrected chi connectivity index (χ4v) is 7.97. The molecular formula is C32H37F3N6O7S. The molecule has 1 aromatic heterocycles. The van der Waals surface area contributed by atoms with Crippen LogP contribution in [-0.4, -0.2) is 77.4 Å². The van der Waals surface area contributed by atoms with E-state index in [0.29, 0.717) is 32.2 Å². The number of anilines is 1. The predicted octanol–water partition coefficient (Wildman–Crippen LogP) is 3.52. The van der Waals surface area contributed by atoms with Crippen LogP contribution in [0.5, 0.6) is 0 Å². The number of benzene rings is 1. The maximum atomic E-state index is 13.9. The lowest BCUT2D eigenvalue weighted by Crippen LogP contribution is -2.54. The van der Waals surface area contributed by atoms with E-state index in [4.69, 9.17) is 4.74 Å². The van der Waals surface area contributed by atoms with E-state index in [2.05, 4.69) is 20.5 Å². The van der Waals surface area contributed by atoms with Crippen molar-refractivity contribution in [2.75, 3.05) is 18.9 Å². The summed E-state index contributed by atoms with van der Waals surface area (Å²) in [4.78, 5) is 55.6. The van der Waals surface area contributed by atoms with Crippen molar-refractivity contribution in [1.82, 2.24) is 24.7 Å². The Balaban J connectivity index is 1.22. The van der Waals surface area contributed by atoms with Crippen molar-refractivity contribution in [2.24, 2.45) is 17.8 Å². The number of nitrogens with one attached hydrogen (secondary N) is 3. The molecule has 2 aromatic rings. The number of carbonyl (C=O) groups excluding carboxylic acids is 4. The van der Waals surface area contributed by atoms with E-state index >= 15 is 0 Å². The molecule has 5 unspecified atom stereocenters. The monoisotopic (exact) mass is 706 g/mol. The number of alkyl halides is 3. The number of carbonyl (C=O) groups is 4. The first-order valence-corrected chi connectivity index (χ1v) is 17.7. The van der Waals surface area contributed by atoms with Gasteiger partial charge in [0.05, 0.1) is 34.0 Å². The van der Waals surface area contributed by atoms with E-state index in [0.717, 1.165) is 24.6 Å². The second-order valence-electron chi connectivity index (χ2n) is 13.1. The maximum Gasteiger partial charge on any atom is 0.416 e. The Morgan fingerprint density at radius 1 is 1.12 bits per heavy atom. The molecule has 0 bridgehead atoms. The van der Waals surface area contributed by atoms with Crippen LogP contribution in [0.3, 0.4) is 0 Å². The lowest BCUT2D eigenvalue weighted by Gasteiger charge is -2.26. The molecule has 2 heterocycles. The Hall–Kier alpha value is -4.41. The standard InChI is InChI=1S/C32H37F3N6O7S/c1-40-13-5-3-2-4-7-20-18-31(20,29(44)39-49(46,47)22-9-10-22)38-27(42)23-16-21(17-24(23)28(40)43)48-30(45)37-25-15-19(32(33,34)35)8-11-26(25)41-14-6-12-36-41/h4,6-8,11-12,14-15,20-24H,2-3,5,9-10,13,16-18H2,1H3,(H,37,45)(H,38,42)(H,39,44)/b7-4+. The number of rotatable bonds is 6. The van der Waals surface area contributed by atoms with Gasteiger partial charge >= 0.3 is 12.3 Å². The molecule has 13 nitrogen and oxygen atoms in total. The summed E-state index contributed by atoms with van der Waals surface area (Å²) < 4.78 is 74.8. The number of fused-ring (bicyclic) bond motifs is 2. The van der Waals surface area contributed by atoms with Crippen molar-refractivity contribution in [3.8, 4) is 5.69 Å². The largest absolute Gasteiger partial charge is 0.446 e. The molecule has 0 radical (unpaired) electrons. The van der Waals surface area contributed by atoms with Crippen LogP contribution < -0.4 is 15.4 Å². The first-order valence-electron chi connectivity index (χ1n) is 16.2. The third kappa shape index (κ3) is 7.45. The third-order valence-corrected chi connectivity index (χ3v) is 11.4. The molecule has 3 aliphatic carbocycles. The summed E-state index contributed by atoms with van der Waals surface area (Å²) in [6.07, 6.45) is 2.79. The lowest BCUT2D eigenvalue weighted by atomic mass is 9.93. The molecule has 1 aromatic carbocycles. The van der Waals surface area contributed by atoms with Crippen LogP contribution in [0, 0.1) is 17.8 Å². The summed E-state index contributed by atoms with van der Waals surface area (Å²) in [7, 11) is -2.29. The van der Waals surface area contributed by atoms with Gasteiger partial charge in [-0.2, -0.15) is 18.3 Å². The van der Waals surface area contributed by atoms with Crippen LogP contribution in [0.15, 0.2) is 48.8 Å². The number of hydrogen-bond acceptors (Lipinski definition) is 8. The Morgan fingerprint density at radius 3 is 2.57 bits per heavy atom. The summed E-state index contributed by atoms with van der Waals surface area (Å²) in [6.45, 7) is 0.421. The quantitative estimate of drug-likeness (QED) is 0.384. The smallest absolute Gasteiger partial charge is 0.416 e. The molecule has 1 aliphatic heterocycles. The Labute approximate surface area is 280 Å². The number of halogens is 3. The molecule has 3 N–H and O–H groups in total. The number of aromatic nitrogens is 2. The van der Waals surface area contributed by atoms with E-state index in [9.17, 15) is 40.8 Å². The number of ether oxygens (including phenoxy) is 1. The fraction of sp³-hybridized carbons (Fsp3) is 0.531. The lowest BCUT2D eigenvalue weighted by molar-refractivity contribution is -0.140. The first kappa shape index (κ1) is 34.5. The minimum atomic E-state index is -4.69. The van der Waals surface area contributed by atoms with Crippen molar-refractivity contribution >= 4 is 39.5 Å². The van der Waals surface area contributed by atoms with Gasteiger partial charge in [-0.05, 0) is 75.6 Å². The van der Waals surface area contributed by atoms with E-state index in [1.54, 1.807) is 19.2 Å². The molecule has 17 heteroatoms. The van der Waals surface area contributed by atoms with Crippen LogP contribution in [-0.2, 0) is 35.3 Å².